The van der Waals surface area contributed by atoms with Crippen LogP contribution < -0.4 is 0 Å². The highest BCUT2D eigenvalue weighted by molar-refractivity contribution is 6.36. The highest BCUT2D eigenvalue weighted by Crippen LogP contribution is 2.01. The molecule has 0 saturated carbocycles. The smallest absolute Gasteiger partial charge is 0.355 e. The number of carbonyl (C=O) groups excluding carboxylic acids is 1. The van der Waals surface area contributed by atoms with E-state index in [1.807, 2.05) is 0 Å². The summed E-state index contributed by atoms with van der Waals surface area (Å²) in [5, 5.41) is 11.3. The number of hydrogen-bond acceptors (Lipinski definition) is 4. The first-order valence-corrected chi connectivity index (χ1v) is 4.05. The summed E-state index contributed by atoms with van der Waals surface area (Å²) in [5.41, 5.74) is 0.103. The molecule has 0 saturated heterocycles. The molecule has 0 rings (SSSR count). The fourth-order valence-electron chi connectivity index (χ4n) is 0.853. The molecule has 0 aromatic rings. The van der Waals surface area contributed by atoms with Gasteiger partial charge in [0.1, 0.15) is 0 Å². The van der Waals surface area contributed by atoms with Gasteiger partial charge in [-0.3, -0.25) is 0 Å². The van der Waals surface area contributed by atoms with Crippen LogP contribution in [0, 0.1) is 0 Å². The quantitative estimate of drug-likeness (QED) is 0.226. The van der Waals surface area contributed by atoms with E-state index in [0.717, 1.165) is 19.3 Å². The van der Waals surface area contributed by atoms with Gasteiger partial charge in [0.15, 0.2) is 5.71 Å². The van der Waals surface area contributed by atoms with Crippen LogP contribution in [-0.2, 0) is 9.53 Å². The summed E-state index contributed by atoms with van der Waals surface area (Å²) in [7, 11) is 1.27. The first-order valence-electron chi connectivity index (χ1n) is 4.05. The van der Waals surface area contributed by atoms with E-state index in [0.29, 0.717) is 6.42 Å². The second-order valence-corrected chi connectivity index (χ2v) is 2.50. The van der Waals surface area contributed by atoms with E-state index in [4.69, 9.17) is 5.21 Å². The third kappa shape index (κ3) is 3.95. The number of hydrogen-bond donors (Lipinski definition) is 1. The van der Waals surface area contributed by atoms with Crippen LogP contribution >= 0.6 is 0 Å². The first kappa shape index (κ1) is 10.9. The van der Waals surface area contributed by atoms with Gasteiger partial charge in [-0.25, -0.2) is 4.79 Å². The molecule has 0 aromatic carbocycles. The van der Waals surface area contributed by atoms with Gasteiger partial charge >= 0.3 is 5.97 Å². The van der Waals surface area contributed by atoms with Gasteiger partial charge in [-0.05, 0) is 6.42 Å². The Labute approximate surface area is 72.2 Å². The number of esters is 1. The van der Waals surface area contributed by atoms with Crippen molar-refractivity contribution in [2.45, 2.75) is 32.6 Å². The Morgan fingerprint density at radius 2 is 2.17 bits per heavy atom. The van der Waals surface area contributed by atoms with E-state index in [2.05, 4.69) is 16.8 Å². The van der Waals surface area contributed by atoms with Crippen LogP contribution in [0.25, 0.3) is 0 Å². The van der Waals surface area contributed by atoms with Crippen LogP contribution in [-0.4, -0.2) is 24.0 Å². The molecule has 12 heavy (non-hydrogen) atoms. The Morgan fingerprint density at radius 3 is 2.58 bits per heavy atom. The molecule has 0 bridgehead atoms. The Bertz CT molecular complexity index is 166. The molecule has 70 valence electrons. The number of rotatable bonds is 5. The third-order valence-electron chi connectivity index (χ3n) is 1.56. The van der Waals surface area contributed by atoms with E-state index in [1.54, 1.807) is 0 Å². The molecular weight excluding hydrogens is 158 g/mol. The molecule has 0 fully saturated rings. The normalized spacial score (nSPS) is 11.3. The summed E-state index contributed by atoms with van der Waals surface area (Å²) >= 11 is 0. The Morgan fingerprint density at radius 1 is 1.50 bits per heavy atom. The van der Waals surface area contributed by atoms with Crippen molar-refractivity contribution >= 4 is 11.7 Å². The van der Waals surface area contributed by atoms with Gasteiger partial charge in [-0.15, -0.1) is 0 Å². The number of nitrogens with zero attached hydrogens (tertiary/aromatic N) is 1. The number of methoxy groups -OCH3 is 1. The lowest BCUT2D eigenvalue weighted by Crippen LogP contribution is -2.15. The maximum atomic E-state index is 10.8. The molecule has 0 aliphatic carbocycles. The molecule has 4 nitrogen and oxygen atoms in total. The van der Waals surface area contributed by atoms with Crippen LogP contribution in [0.3, 0.4) is 0 Å². The second-order valence-electron chi connectivity index (χ2n) is 2.50. The van der Waals surface area contributed by atoms with E-state index in [1.165, 1.54) is 7.11 Å². The number of carbonyl (C=O) groups is 1. The SMILES string of the molecule is CCCCCC(=NO)C(=O)OC. The molecular formula is C8H15NO3. The predicted molar refractivity (Wildman–Crippen MR) is 45.4 cm³/mol. The molecule has 0 heterocycles. The molecule has 0 aliphatic heterocycles. The minimum absolute atomic E-state index is 0.103. The molecule has 0 unspecified atom stereocenters. The van der Waals surface area contributed by atoms with Crippen molar-refractivity contribution in [2.24, 2.45) is 5.16 Å². The zero-order valence-electron chi connectivity index (χ0n) is 7.54. The minimum Gasteiger partial charge on any atom is -0.464 e. The molecule has 0 aliphatic rings. The minimum atomic E-state index is -0.548. The van der Waals surface area contributed by atoms with Crippen LogP contribution in [0.15, 0.2) is 5.16 Å². The summed E-state index contributed by atoms with van der Waals surface area (Å²) < 4.78 is 4.40. The first-order chi connectivity index (χ1) is 5.76. The van der Waals surface area contributed by atoms with Crippen LogP contribution in [0.4, 0.5) is 0 Å². The number of oxime groups is 1. The lowest BCUT2D eigenvalue weighted by Gasteiger charge is -2.00. The zero-order valence-corrected chi connectivity index (χ0v) is 7.54. The van der Waals surface area contributed by atoms with Gasteiger partial charge in [0.05, 0.1) is 7.11 Å². The van der Waals surface area contributed by atoms with Crippen molar-refractivity contribution in [3.63, 3.8) is 0 Å². The van der Waals surface area contributed by atoms with Crippen LogP contribution in [0.2, 0.25) is 0 Å². The summed E-state index contributed by atoms with van der Waals surface area (Å²) in [6.45, 7) is 2.06. The predicted octanol–water partition coefficient (Wildman–Crippen LogP) is 1.57. The number of ether oxygens (including phenoxy) is 1. The van der Waals surface area contributed by atoms with Gasteiger partial charge in [0, 0.05) is 6.42 Å². The Balaban J connectivity index is 3.77. The van der Waals surface area contributed by atoms with Gasteiger partial charge in [0.25, 0.3) is 0 Å². The largest absolute Gasteiger partial charge is 0.464 e. The molecule has 4 heteroatoms. The monoisotopic (exact) mass is 173 g/mol. The topological polar surface area (TPSA) is 58.9 Å². The molecule has 1 N–H and O–H groups in total. The lowest BCUT2D eigenvalue weighted by molar-refractivity contribution is -0.133. The fraction of sp³-hybridized carbons (Fsp3) is 0.750. The van der Waals surface area contributed by atoms with E-state index < -0.39 is 5.97 Å². The maximum Gasteiger partial charge on any atom is 0.355 e. The summed E-state index contributed by atoms with van der Waals surface area (Å²) in [6, 6.07) is 0. The molecule has 0 radical (unpaired) electrons. The van der Waals surface area contributed by atoms with E-state index >= 15 is 0 Å². The third-order valence-corrected chi connectivity index (χ3v) is 1.56. The van der Waals surface area contributed by atoms with E-state index in [-0.39, 0.29) is 5.71 Å². The van der Waals surface area contributed by atoms with Crippen molar-refractivity contribution in [3.8, 4) is 0 Å². The maximum absolute atomic E-state index is 10.8. The molecule has 0 aromatic heterocycles. The second kappa shape index (κ2) is 6.64. The van der Waals surface area contributed by atoms with Crippen molar-refractivity contribution in [3.05, 3.63) is 0 Å². The standard InChI is InChI=1S/C8H15NO3/c1-3-4-5-6-7(9-11)8(10)12-2/h11H,3-6H2,1-2H3. The summed E-state index contributed by atoms with van der Waals surface area (Å²) in [5.74, 6) is -0.548. The van der Waals surface area contributed by atoms with Crippen molar-refractivity contribution < 1.29 is 14.7 Å². The van der Waals surface area contributed by atoms with Crippen LogP contribution in [0.1, 0.15) is 32.6 Å². The average Bonchev–Trinajstić information content (AvgIpc) is 2.11. The highest BCUT2D eigenvalue weighted by Gasteiger charge is 2.10. The zero-order chi connectivity index (χ0) is 9.40. The van der Waals surface area contributed by atoms with Crippen molar-refractivity contribution in [1.82, 2.24) is 0 Å². The van der Waals surface area contributed by atoms with Crippen molar-refractivity contribution in [1.29, 1.82) is 0 Å². The fourth-order valence-corrected chi connectivity index (χ4v) is 0.853. The Kier molecular flexibility index (Phi) is 6.05. The Hall–Kier alpha value is -1.06. The van der Waals surface area contributed by atoms with Gasteiger partial charge in [-0.1, -0.05) is 24.9 Å². The van der Waals surface area contributed by atoms with Crippen LogP contribution in [0.5, 0.6) is 0 Å². The van der Waals surface area contributed by atoms with Gasteiger partial charge in [0.2, 0.25) is 0 Å². The summed E-state index contributed by atoms with van der Waals surface area (Å²) in [4.78, 5) is 10.8. The summed E-state index contributed by atoms with van der Waals surface area (Å²) in [6.07, 6.45) is 3.43. The van der Waals surface area contributed by atoms with Crippen molar-refractivity contribution in [2.75, 3.05) is 7.11 Å². The van der Waals surface area contributed by atoms with Gasteiger partial charge in [-0.2, -0.15) is 0 Å². The molecule has 0 atom stereocenters. The lowest BCUT2D eigenvalue weighted by atomic mass is 10.1. The average molecular weight is 173 g/mol. The van der Waals surface area contributed by atoms with E-state index in [9.17, 15) is 4.79 Å². The molecule has 0 amide bonds. The van der Waals surface area contributed by atoms with Gasteiger partial charge < -0.3 is 9.94 Å². The highest BCUT2D eigenvalue weighted by atomic mass is 16.5. The number of unbranched alkanes of at least 4 members (excludes halogenated alkanes) is 2. The molecule has 0 spiro atoms.